The smallest absolute Gasteiger partial charge is 0.407 e. The Labute approximate surface area is 93.6 Å². The van der Waals surface area contributed by atoms with Crippen molar-refractivity contribution in [1.29, 1.82) is 0 Å². The van der Waals surface area contributed by atoms with Crippen LogP contribution in [-0.4, -0.2) is 61.2 Å². The van der Waals surface area contributed by atoms with Crippen LogP contribution >= 0.6 is 0 Å². The van der Waals surface area contributed by atoms with E-state index in [1.165, 1.54) is 0 Å². The van der Waals surface area contributed by atoms with Gasteiger partial charge in [-0.15, -0.1) is 0 Å². The Bertz CT molecular complexity index is 260. The normalized spacial score (nSPS) is 31.2. The summed E-state index contributed by atoms with van der Waals surface area (Å²) in [6.45, 7) is 2.74. The van der Waals surface area contributed by atoms with E-state index in [9.17, 15) is 9.18 Å². The lowest BCUT2D eigenvalue weighted by Crippen LogP contribution is -2.50. The van der Waals surface area contributed by atoms with Crippen LogP contribution in [-0.2, 0) is 4.74 Å². The van der Waals surface area contributed by atoms with Crippen molar-refractivity contribution in [3.63, 3.8) is 0 Å². The van der Waals surface area contributed by atoms with Crippen molar-refractivity contribution >= 4 is 6.09 Å². The zero-order valence-electron chi connectivity index (χ0n) is 9.06. The van der Waals surface area contributed by atoms with Gasteiger partial charge < -0.3 is 20.1 Å². The molecule has 0 unspecified atom stereocenters. The number of carboxylic acid groups (broad SMARTS) is 1. The number of nitrogens with zero attached hydrogens (tertiary/aromatic N) is 1. The molecule has 2 heterocycles. The van der Waals surface area contributed by atoms with E-state index in [0.29, 0.717) is 25.5 Å². The third-order valence-electron chi connectivity index (χ3n) is 3.16. The van der Waals surface area contributed by atoms with E-state index < -0.39 is 18.4 Å². The second kappa shape index (κ2) is 4.97. The minimum Gasteiger partial charge on any atom is -0.465 e. The minimum atomic E-state index is -1.20. The van der Waals surface area contributed by atoms with Gasteiger partial charge >= 0.3 is 6.09 Å². The van der Waals surface area contributed by atoms with Gasteiger partial charge in [-0.3, -0.25) is 0 Å². The molecule has 6 heteroatoms. The molecular formula is C10H17FN2O3. The van der Waals surface area contributed by atoms with Crippen LogP contribution in [0.5, 0.6) is 0 Å². The van der Waals surface area contributed by atoms with Crippen molar-refractivity contribution < 1.29 is 19.0 Å². The Morgan fingerprint density at radius 1 is 1.56 bits per heavy atom. The zero-order chi connectivity index (χ0) is 11.5. The van der Waals surface area contributed by atoms with Crippen LogP contribution < -0.4 is 5.32 Å². The van der Waals surface area contributed by atoms with E-state index in [1.54, 1.807) is 0 Å². The fourth-order valence-electron chi connectivity index (χ4n) is 1.97. The predicted molar refractivity (Wildman–Crippen MR) is 55.2 cm³/mol. The number of halogens is 1. The standard InChI is InChI=1S/C10H17FN2O3/c11-8-5-13(10(14)15)2-1-9(8)16-6-7-3-12-4-7/h7-9,12H,1-6H2,(H,14,15)/t8-,9+/m0/s1. The number of rotatable bonds is 3. The molecule has 0 bridgehead atoms. The maximum atomic E-state index is 13.6. The van der Waals surface area contributed by atoms with E-state index in [2.05, 4.69) is 5.32 Å². The van der Waals surface area contributed by atoms with E-state index >= 15 is 0 Å². The number of nitrogens with one attached hydrogen (secondary N) is 1. The summed E-state index contributed by atoms with van der Waals surface area (Å²) in [5.74, 6) is 0.490. The van der Waals surface area contributed by atoms with Crippen LogP contribution in [0.25, 0.3) is 0 Å². The Morgan fingerprint density at radius 2 is 2.31 bits per heavy atom. The first-order valence-electron chi connectivity index (χ1n) is 5.61. The van der Waals surface area contributed by atoms with Crippen molar-refractivity contribution in [1.82, 2.24) is 10.2 Å². The van der Waals surface area contributed by atoms with Gasteiger partial charge in [0.1, 0.15) is 6.17 Å². The lowest BCUT2D eigenvalue weighted by molar-refractivity contribution is -0.0578. The Morgan fingerprint density at radius 3 is 2.81 bits per heavy atom. The molecule has 0 saturated carbocycles. The lowest BCUT2D eigenvalue weighted by atomic mass is 10.0. The van der Waals surface area contributed by atoms with Gasteiger partial charge in [-0.25, -0.2) is 9.18 Å². The molecular weight excluding hydrogens is 215 g/mol. The average Bonchev–Trinajstić information content (AvgIpc) is 2.17. The number of alkyl halides is 1. The molecule has 0 spiro atoms. The number of piperidine rings is 1. The number of likely N-dealkylation sites (tertiary alicyclic amines) is 1. The number of hydrogen-bond donors (Lipinski definition) is 2. The van der Waals surface area contributed by atoms with Crippen LogP contribution in [0.1, 0.15) is 6.42 Å². The molecule has 16 heavy (non-hydrogen) atoms. The molecule has 2 aliphatic heterocycles. The average molecular weight is 232 g/mol. The molecule has 2 rings (SSSR count). The molecule has 2 aliphatic rings. The van der Waals surface area contributed by atoms with E-state index in [1.807, 2.05) is 0 Å². The maximum Gasteiger partial charge on any atom is 0.407 e. The molecule has 2 fully saturated rings. The highest BCUT2D eigenvalue weighted by Gasteiger charge is 2.32. The molecule has 92 valence electrons. The van der Waals surface area contributed by atoms with Crippen LogP contribution in [0.15, 0.2) is 0 Å². The molecule has 2 atom stereocenters. The quantitative estimate of drug-likeness (QED) is 0.735. The first-order valence-corrected chi connectivity index (χ1v) is 5.61. The number of hydrogen-bond acceptors (Lipinski definition) is 3. The van der Waals surface area contributed by atoms with Gasteiger partial charge in [0.05, 0.1) is 19.3 Å². The first kappa shape index (κ1) is 11.6. The summed E-state index contributed by atoms with van der Waals surface area (Å²) in [7, 11) is 0. The Kier molecular flexibility index (Phi) is 3.60. The summed E-state index contributed by atoms with van der Waals surface area (Å²) in [6, 6.07) is 0. The van der Waals surface area contributed by atoms with Gasteiger partial charge in [0.25, 0.3) is 0 Å². The highest BCUT2D eigenvalue weighted by Crippen LogP contribution is 2.18. The van der Waals surface area contributed by atoms with Gasteiger partial charge in [0.2, 0.25) is 0 Å². The van der Waals surface area contributed by atoms with Crippen LogP contribution in [0.2, 0.25) is 0 Å². The second-order valence-corrected chi connectivity index (χ2v) is 4.43. The van der Waals surface area contributed by atoms with Gasteiger partial charge in [0, 0.05) is 25.6 Å². The highest BCUT2D eigenvalue weighted by atomic mass is 19.1. The van der Waals surface area contributed by atoms with Crippen LogP contribution in [0.4, 0.5) is 9.18 Å². The van der Waals surface area contributed by atoms with Crippen molar-refractivity contribution in [3.05, 3.63) is 0 Å². The Hall–Kier alpha value is -0.880. The summed E-state index contributed by atoms with van der Waals surface area (Å²) < 4.78 is 19.1. The fourth-order valence-corrected chi connectivity index (χ4v) is 1.97. The number of ether oxygens (including phenoxy) is 1. The molecule has 2 N–H and O–H groups in total. The third-order valence-corrected chi connectivity index (χ3v) is 3.16. The summed E-state index contributed by atoms with van der Waals surface area (Å²) >= 11 is 0. The summed E-state index contributed by atoms with van der Waals surface area (Å²) in [6.07, 6.45) is -2.23. The third kappa shape index (κ3) is 2.62. The van der Waals surface area contributed by atoms with Gasteiger partial charge in [-0.2, -0.15) is 0 Å². The van der Waals surface area contributed by atoms with Crippen molar-refractivity contribution in [2.45, 2.75) is 18.7 Å². The maximum absolute atomic E-state index is 13.6. The summed E-state index contributed by atoms with van der Waals surface area (Å²) in [4.78, 5) is 11.7. The molecule has 0 radical (unpaired) electrons. The largest absolute Gasteiger partial charge is 0.465 e. The first-order chi connectivity index (χ1) is 7.66. The Balaban J connectivity index is 1.72. The summed E-state index contributed by atoms with van der Waals surface area (Å²) in [5.41, 5.74) is 0. The second-order valence-electron chi connectivity index (χ2n) is 4.43. The molecule has 0 aromatic heterocycles. The van der Waals surface area contributed by atoms with Crippen molar-refractivity contribution in [2.75, 3.05) is 32.8 Å². The van der Waals surface area contributed by atoms with Crippen molar-refractivity contribution in [3.8, 4) is 0 Å². The molecule has 1 amide bonds. The molecule has 0 aromatic carbocycles. The highest BCUT2D eigenvalue weighted by molar-refractivity contribution is 5.65. The minimum absolute atomic E-state index is 0.0666. The van der Waals surface area contributed by atoms with E-state index in [0.717, 1.165) is 18.0 Å². The number of carbonyl (C=O) groups is 1. The van der Waals surface area contributed by atoms with Gasteiger partial charge in [-0.1, -0.05) is 0 Å². The van der Waals surface area contributed by atoms with Gasteiger partial charge in [-0.05, 0) is 6.42 Å². The molecule has 0 aliphatic carbocycles. The monoisotopic (exact) mass is 232 g/mol. The predicted octanol–water partition coefficient (Wildman–Crippen LogP) is 0.313. The van der Waals surface area contributed by atoms with Crippen molar-refractivity contribution in [2.24, 2.45) is 5.92 Å². The van der Waals surface area contributed by atoms with Crippen LogP contribution in [0, 0.1) is 5.92 Å². The fraction of sp³-hybridized carbons (Fsp3) is 0.900. The van der Waals surface area contributed by atoms with E-state index in [-0.39, 0.29) is 6.54 Å². The van der Waals surface area contributed by atoms with E-state index in [4.69, 9.17) is 9.84 Å². The zero-order valence-corrected chi connectivity index (χ0v) is 9.06. The molecule has 0 aromatic rings. The summed E-state index contributed by atoms with van der Waals surface area (Å²) in [5, 5.41) is 11.8. The molecule has 2 saturated heterocycles. The molecule has 5 nitrogen and oxygen atoms in total. The topological polar surface area (TPSA) is 61.8 Å². The SMILES string of the molecule is O=C(O)N1CC[C@@H](OCC2CNC2)[C@@H](F)C1. The number of amides is 1. The van der Waals surface area contributed by atoms with Gasteiger partial charge in [0.15, 0.2) is 0 Å². The van der Waals surface area contributed by atoms with Crippen LogP contribution in [0.3, 0.4) is 0 Å². The lowest BCUT2D eigenvalue weighted by Gasteiger charge is -2.35.